The molecule has 2 heterocycles. The lowest BCUT2D eigenvalue weighted by Crippen LogP contribution is -2.47. The number of morpholine rings is 1. The number of pyridine rings is 1. The molecule has 0 saturated carbocycles. The Morgan fingerprint density at radius 1 is 1.36 bits per heavy atom. The number of halogens is 2. The molecule has 1 amide bonds. The second-order valence-corrected chi connectivity index (χ2v) is 6.16. The van der Waals surface area contributed by atoms with Gasteiger partial charge in [-0.2, -0.15) is 0 Å². The van der Waals surface area contributed by atoms with Gasteiger partial charge < -0.3 is 14.4 Å². The molecule has 1 aromatic carbocycles. The van der Waals surface area contributed by atoms with Crippen LogP contribution in [0.1, 0.15) is 16.1 Å². The number of aromatic nitrogens is 1. The minimum absolute atomic E-state index is 0.174. The van der Waals surface area contributed by atoms with Gasteiger partial charge >= 0.3 is 0 Å². The Morgan fingerprint density at radius 2 is 2.12 bits per heavy atom. The van der Waals surface area contributed by atoms with Gasteiger partial charge in [-0.05, 0) is 43.3 Å². The molecule has 2 aromatic rings. The smallest absolute Gasteiger partial charge is 0.257 e. The number of carbonyl (C=O) groups is 1. The highest BCUT2D eigenvalue weighted by Gasteiger charge is 2.27. The van der Waals surface area contributed by atoms with Crippen molar-refractivity contribution < 1.29 is 18.7 Å². The SMILES string of the molecule is Cc1ccc(C(=O)N2CCO[C@@H](COc3ccc(F)cc3)C2)c(Cl)n1. The van der Waals surface area contributed by atoms with Crippen LogP contribution in [-0.2, 0) is 4.74 Å². The Labute approximate surface area is 150 Å². The van der Waals surface area contributed by atoms with E-state index in [-0.39, 0.29) is 29.6 Å². The molecule has 5 nitrogen and oxygen atoms in total. The summed E-state index contributed by atoms with van der Waals surface area (Å²) in [7, 11) is 0. The van der Waals surface area contributed by atoms with Crippen LogP contribution >= 0.6 is 11.6 Å². The molecule has 0 N–H and O–H groups in total. The van der Waals surface area contributed by atoms with Crippen LogP contribution in [0.25, 0.3) is 0 Å². The maximum Gasteiger partial charge on any atom is 0.257 e. The maximum atomic E-state index is 12.9. The quantitative estimate of drug-likeness (QED) is 0.782. The van der Waals surface area contributed by atoms with E-state index in [2.05, 4.69) is 4.98 Å². The third kappa shape index (κ3) is 4.46. The topological polar surface area (TPSA) is 51.7 Å². The summed E-state index contributed by atoms with van der Waals surface area (Å²) in [4.78, 5) is 18.5. The van der Waals surface area contributed by atoms with Crippen LogP contribution < -0.4 is 4.74 Å². The molecule has 0 spiro atoms. The van der Waals surface area contributed by atoms with Crippen LogP contribution in [0.15, 0.2) is 36.4 Å². The summed E-state index contributed by atoms with van der Waals surface area (Å²) in [6.07, 6.45) is -0.264. The zero-order valence-electron chi connectivity index (χ0n) is 13.7. The van der Waals surface area contributed by atoms with Gasteiger partial charge in [0.2, 0.25) is 0 Å². The van der Waals surface area contributed by atoms with Crippen molar-refractivity contribution in [3.05, 3.63) is 58.6 Å². The van der Waals surface area contributed by atoms with E-state index in [1.165, 1.54) is 12.1 Å². The highest BCUT2D eigenvalue weighted by molar-refractivity contribution is 6.32. The molecular weight excluding hydrogens is 347 g/mol. The van der Waals surface area contributed by atoms with Crippen LogP contribution in [-0.4, -0.2) is 48.2 Å². The predicted molar refractivity (Wildman–Crippen MR) is 91.5 cm³/mol. The molecule has 0 aliphatic carbocycles. The number of hydrogen-bond acceptors (Lipinski definition) is 4. The zero-order valence-corrected chi connectivity index (χ0v) is 14.5. The number of benzene rings is 1. The van der Waals surface area contributed by atoms with Crippen LogP contribution in [0.2, 0.25) is 5.15 Å². The number of carbonyl (C=O) groups excluding carboxylic acids is 1. The zero-order chi connectivity index (χ0) is 17.8. The summed E-state index contributed by atoms with van der Waals surface area (Å²) in [5, 5.41) is 0.204. The van der Waals surface area contributed by atoms with E-state index in [4.69, 9.17) is 21.1 Å². The molecule has 0 radical (unpaired) electrons. The van der Waals surface area contributed by atoms with Crippen molar-refractivity contribution in [3.63, 3.8) is 0 Å². The first-order chi connectivity index (χ1) is 12.0. The molecule has 3 rings (SSSR count). The van der Waals surface area contributed by atoms with E-state index >= 15 is 0 Å². The monoisotopic (exact) mass is 364 g/mol. The van der Waals surface area contributed by atoms with Crippen LogP contribution in [0, 0.1) is 12.7 Å². The number of amides is 1. The number of hydrogen-bond donors (Lipinski definition) is 0. The average molecular weight is 365 g/mol. The van der Waals surface area contributed by atoms with Gasteiger partial charge in [0, 0.05) is 12.2 Å². The molecule has 1 aliphatic heterocycles. The van der Waals surface area contributed by atoms with Crippen molar-refractivity contribution in [3.8, 4) is 5.75 Å². The van der Waals surface area contributed by atoms with Crippen molar-refractivity contribution in [2.45, 2.75) is 13.0 Å². The van der Waals surface area contributed by atoms with Gasteiger partial charge in [-0.1, -0.05) is 11.6 Å². The van der Waals surface area contributed by atoms with Gasteiger partial charge in [0.25, 0.3) is 5.91 Å². The fraction of sp³-hybridized carbons (Fsp3) is 0.333. The first-order valence-electron chi connectivity index (χ1n) is 7.95. The molecular formula is C18H18ClFN2O3. The lowest BCUT2D eigenvalue weighted by Gasteiger charge is -2.33. The summed E-state index contributed by atoms with van der Waals surface area (Å²) in [6, 6.07) is 9.22. The van der Waals surface area contributed by atoms with E-state index in [1.54, 1.807) is 29.2 Å². The van der Waals surface area contributed by atoms with Crippen LogP contribution in [0.4, 0.5) is 4.39 Å². The van der Waals surface area contributed by atoms with Gasteiger partial charge in [0.15, 0.2) is 0 Å². The van der Waals surface area contributed by atoms with Gasteiger partial charge in [-0.3, -0.25) is 4.79 Å². The summed E-state index contributed by atoms with van der Waals surface area (Å²) in [6.45, 7) is 3.38. The lowest BCUT2D eigenvalue weighted by atomic mass is 10.2. The first kappa shape index (κ1) is 17.6. The molecule has 0 bridgehead atoms. The second kappa shape index (κ2) is 7.80. The van der Waals surface area contributed by atoms with E-state index in [9.17, 15) is 9.18 Å². The molecule has 25 heavy (non-hydrogen) atoms. The molecule has 132 valence electrons. The van der Waals surface area contributed by atoms with Crippen molar-refractivity contribution in [2.24, 2.45) is 0 Å². The highest BCUT2D eigenvalue weighted by atomic mass is 35.5. The maximum absolute atomic E-state index is 12.9. The minimum Gasteiger partial charge on any atom is -0.491 e. The highest BCUT2D eigenvalue weighted by Crippen LogP contribution is 2.18. The third-order valence-electron chi connectivity index (χ3n) is 3.89. The van der Waals surface area contributed by atoms with Gasteiger partial charge in [-0.25, -0.2) is 9.37 Å². The lowest BCUT2D eigenvalue weighted by molar-refractivity contribution is -0.0401. The molecule has 7 heteroatoms. The van der Waals surface area contributed by atoms with E-state index < -0.39 is 0 Å². The largest absolute Gasteiger partial charge is 0.491 e. The van der Waals surface area contributed by atoms with Crippen molar-refractivity contribution in [1.29, 1.82) is 0 Å². The van der Waals surface area contributed by atoms with Crippen molar-refractivity contribution >= 4 is 17.5 Å². The summed E-state index contributed by atoms with van der Waals surface area (Å²) in [5.41, 5.74) is 1.14. The van der Waals surface area contributed by atoms with Crippen molar-refractivity contribution in [2.75, 3.05) is 26.3 Å². The van der Waals surface area contributed by atoms with Crippen LogP contribution in [0.3, 0.4) is 0 Å². The van der Waals surface area contributed by atoms with E-state index in [0.717, 1.165) is 5.69 Å². The predicted octanol–water partition coefficient (Wildman–Crippen LogP) is 3.10. The Balaban J connectivity index is 1.60. The molecule has 0 unspecified atom stereocenters. The summed E-state index contributed by atoms with van der Waals surface area (Å²) >= 11 is 6.09. The molecule has 1 saturated heterocycles. The summed E-state index contributed by atoms with van der Waals surface area (Å²) < 4.78 is 24.2. The number of aryl methyl sites for hydroxylation is 1. The minimum atomic E-state index is -0.318. The molecule has 1 aromatic heterocycles. The third-order valence-corrected chi connectivity index (χ3v) is 4.18. The number of nitrogens with zero attached hydrogens (tertiary/aromatic N) is 2. The standard InChI is InChI=1S/C18H18ClFN2O3/c1-12-2-7-16(17(19)21-12)18(23)22-8-9-24-15(10-22)11-25-14-5-3-13(20)4-6-14/h2-7,15H,8-11H2,1H3/t15-/m1/s1. The van der Waals surface area contributed by atoms with Gasteiger partial charge in [0.05, 0.1) is 18.7 Å². The molecule has 1 fully saturated rings. The van der Waals surface area contributed by atoms with Crippen molar-refractivity contribution in [1.82, 2.24) is 9.88 Å². The Hall–Kier alpha value is -2.18. The van der Waals surface area contributed by atoms with Gasteiger partial charge in [0.1, 0.15) is 29.4 Å². The average Bonchev–Trinajstić information content (AvgIpc) is 2.61. The first-order valence-corrected chi connectivity index (χ1v) is 8.33. The molecule has 1 atom stereocenters. The Kier molecular flexibility index (Phi) is 5.50. The normalized spacial score (nSPS) is 17.4. The fourth-order valence-corrected chi connectivity index (χ4v) is 2.86. The summed E-state index contributed by atoms with van der Waals surface area (Å²) in [5.74, 6) is 0.0634. The fourth-order valence-electron chi connectivity index (χ4n) is 2.58. The van der Waals surface area contributed by atoms with Crippen LogP contribution in [0.5, 0.6) is 5.75 Å². The Bertz CT molecular complexity index is 754. The van der Waals surface area contributed by atoms with Gasteiger partial charge in [-0.15, -0.1) is 0 Å². The van der Waals surface area contributed by atoms with E-state index in [0.29, 0.717) is 31.0 Å². The van der Waals surface area contributed by atoms with E-state index in [1.807, 2.05) is 6.92 Å². The second-order valence-electron chi connectivity index (χ2n) is 5.80. The number of rotatable bonds is 4. The number of ether oxygens (including phenoxy) is 2. The molecule has 1 aliphatic rings. The Morgan fingerprint density at radius 3 is 2.84 bits per heavy atom.